The van der Waals surface area contributed by atoms with E-state index in [4.69, 9.17) is 17.0 Å². The van der Waals surface area contributed by atoms with Crippen LogP contribution in [0.25, 0.3) is 0 Å². The number of phenolic OH excluding ortho intramolecular Hbond substituents is 1. The van der Waals surface area contributed by atoms with E-state index in [-0.39, 0.29) is 5.75 Å². The first-order valence-electron chi connectivity index (χ1n) is 7.16. The van der Waals surface area contributed by atoms with Gasteiger partial charge in [-0.15, -0.1) is 0 Å². The van der Waals surface area contributed by atoms with Crippen molar-refractivity contribution in [2.24, 2.45) is 5.10 Å². The molecule has 0 aliphatic heterocycles. The second-order valence-electron chi connectivity index (χ2n) is 5.08. The standard InChI is InChI=1S/C15H21N3O2S/c1-20-13-9-5-6-11(14(13)19)10-16-18-15(21)17-12-7-3-2-4-8-12/h5-6,9-10,12,19H,2-4,7-8H2,1H3,(H2,17,18,21)/b16-10-. The Morgan fingerprint density at radius 1 is 1.38 bits per heavy atom. The van der Waals surface area contributed by atoms with Gasteiger partial charge in [0.05, 0.1) is 13.3 Å². The summed E-state index contributed by atoms with van der Waals surface area (Å²) in [4.78, 5) is 0. The molecule has 0 amide bonds. The molecule has 1 aromatic carbocycles. The summed E-state index contributed by atoms with van der Waals surface area (Å²) in [5.41, 5.74) is 3.35. The molecule has 1 aromatic rings. The van der Waals surface area contributed by atoms with Gasteiger partial charge in [-0.2, -0.15) is 5.10 Å². The number of hydrogen-bond donors (Lipinski definition) is 3. The van der Waals surface area contributed by atoms with Gasteiger partial charge in [-0.25, -0.2) is 0 Å². The highest BCUT2D eigenvalue weighted by Crippen LogP contribution is 2.27. The third-order valence-corrected chi connectivity index (χ3v) is 3.77. The summed E-state index contributed by atoms with van der Waals surface area (Å²) in [5.74, 6) is 0.485. The van der Waals surface area contributed by atoms with Crippen molar-refractivity contribution in [3.8, 4) is 11.5 Å². The van der Waals surface area contributed by atoms with E-state index in [0.29, 0.717) is 22.5 Å². The van der Waals surface area contributed by atoms with Crippen LogP contribution in [-0.2, 0) is 0 Å². The first-order valence-corrected chi connectivity index (χ1v) is 7.57. The highest BCUT2D eigenvalue weighted by atomic mass is 32.1. The molecule has 0 atom stereocenters. The van der Waals surface area contributed by atoms with Crippen LogP contribution in [0.4, 0.5) is 0 Å². The van der Waals surface area contributed by atoms with Crippen LogP contribution in [0.1, 0.15) is 37.7 Å². The lowest BCUT2D eigenvalue weighted by Crippen LogP contribution is -2.40. The van der Waals surface area contributed by atoms with E-state index >= 15 is 0 Å². The van der Waals surface area contributed by atoms with E-state index in [1.165, 1.54) is 32.6 Å². The summed E-state index contributed by atoms with van der Waals surface area (Å²) in [5, 5.41) is 17.7. The number of aromatic hydroxyl groups is 1. The zero-order valence-electron chi connectivity index (χ0n) is 12.1. The van der Waals surface area contributed by atoms with Crippen LogP contribution in [0.3, 0.4) is 0 Å². The Morgan fingerprint density at radius 2 is 2.14 bits per heavy atom. The van der Waals surface area contributed by atoms with Gasteiger partial charge < -0.3 is 15.2 Å². The van der Waals surface area contributed by atoms with Gasteiger partial charge in [0.1, 0.15) is 0 Å². The van der Waals surface area contributed by atoms with Crippen molar-refractivity contribution in [1.29, 1.82) is 0 Å². The molecule has 0 unspecified atom stereocenters. The molecule has 0 aromatic heterocycles. The van der Waals surface area contributed by atoms with Gasteiger partial charge in [-0.1, -0.05) is 25.3 Å². The number of para-hydroxylation sites is 1. The molecule has 0 radical (unpaired) electrons. The Balaban J connectivity index is 1.85. The summed E-state index contributed by atoms with van der Waals surface area (Å²) in [6.45, 7) is 0. The zero-order chi connectivity index (χ0) is 15.1. The quantitative estimate of drug-likeness (QED) is 0.453. The van der Waals surface area contributed by atoms with Gasteiger partial charge in [-0.05, 0) is 37.2 Å². The Bertz CT molecular complexity index is 514. The monoisotopic (exact) mass is 307 g/mol. The summed E-state index contributed by atoms with van der Waals surface area (Å²) in [6, 6.07) is 5.67. The molecule has 1 aliphatic carbocycles. The first-order chi connectivity index (χ1) is 10.2. The molecule has 21 heavy (non-hydrogen) atoms. The Hall–Kier alpha value is -1.82. The highest BCUT2D eigenvalue weighted by molar-refractivity contribution is 7.80. The number of hydrazone groups is 1. The van der Waals surface area contributed by atoms with Crippen LogP contribution in [0.15, 0.2) is 23.3 Å². The highest BCUT2D eigenvalue weighted by Gasteiger charge is 2.13. The number of benzene rings is 1. The molecular weight excluding hydrogens is 286 g/mol. The average Bonchev–Trinajstić information content (AvgIpc) is 2.50. The predicted molar refractivity (Wildman–Crippen MR) is 88.0 cm³/mol. The number of ether oxygens (including phenoxy) is 1. The number of methoxy groups -OCH3 is 1. The molecular formula is C15H21N3O2S. The maximum atomic E-state index is 9.92. The second-order valence-corrected chi connectivity index (χ2v) is 5.48. The molecule has 0 saturated heterocycles. The molecule has 3 N–H and O–H groups in total. The van der Waals surface area contributed by atoms with E-state index in [1.807, 2.05) is 0 Å². The Kier molecular flexibility index (Phi) is 5.80. The number of phenols is 1. The number of nitrogens with zero attached hydrogens (tertiary/aromatic N) is 1. The third-order valence-electron chi connectivity index (χ3n) is 3.56. The predicted octanol–water partition coefficient (Wildman–Crippen LogP) is 2.53. The zero-order valence-corrected chi connectivity index (χ0v) is 12.9. The minimum atomic E-state index is 0.0664. The smallest absolute Gasteiger partial charge is 0.187 e. The SMILES string of the molecule is COc1cccc(/C=N\NC(=S)NC2CCCCC2)c1O. The minimum absolute atomic E-state index is 0.0664. The van der Waals surface area contributed by atoms with Crippen LogP contribution >= 0.6 is 12.2 Å². The molecule has 0 heterocycles. The van der Waals surface area contributed by atoms with Gasteiger partial charge in [0, 0.05) is 11.6 Å². The molecule has 114 valence electrons. The maximum absolute atomic E-state index is 9.92. The molecule has 2 rings (SSSR count). The first kappa shape index (κ1) is 15.6. The lowest BCUT2D eigenvalue weighted by Gasteiger charge is -2.23. The number of rotatable bonds is 4. The van der Waals surface area contributed by atoms with Crippen LogP contribution in [-0.4, -0.2) is 29.6 Å². The van der Waals surface area contributed by atoms with Gasteiger partial charge >= 0.3 is 0 Å². The summed E-state index contributed by atoms with van der Waals surface area (Å²) < 4.78 is 5.04. The van der Waals surface area contributed by atoms with Crippen molar-refractivity contribution < 1.29 is 9.84 Å². The van der Waals surface area contributed by atoms with Gasteiger partial charge in [0.25, 0.3) is 0 Å². The average molecular weight is 307 g/mol. The van der Waals surface area contributed by atoms with Crippen molar-refractivity contribution in [2.45, 2.75) is 38.1 Å². The van der Waals surface area contributed by atoms with Crippen LogP contribution in [0.5, 0.6) is 11.5 Å². The minimum Gasteiger partial charge on any atom is -0.504 e. The van der Waals surface area contributed by atoms with Gasteiger partial charge in [-0.3, -0.25) is 5.43 Å². The fourth-order valence-corrected chi connectivity index (χ4v) is 2.65. The van der Waals surface area contributed by atoms with E-state index in [2.05, 4.69) is 15.8 Å². The summed E-state index contributed by atoms with van der Waals surface area (Å²) >= 11 is 5.21. The number of hydrogen-bond acceptors (Lipinski definition) is 4. The van der Waals surface area contributed by atoms with Gasteiger partial charge in [0.15, 0.2) is 16.6 Å². The van der Waals surface area contributed by atoms with Crippen molar-refractivity contribution in [2.75, 3.05) is 7.11 Å². The van der Waals surface area contributed by atoms with Crippen LogP contribution in [0, 0.1) is 0 Å². The largest absolute Gasteiger partial charge is 0.504 e. The van der Waals surface area contributed by atoms with Crippen LogP contribution in [0.2, 0.25) is 0 Å². The van der Waals surface area contributed by atoms with E-state index < -0.39 is 0 Å². The fourth-order valence-electron chi connectivity index (χ4n) is 2.43. The van der Waals surface area contributed by atoms with E-state index in [9.17, 15) is 5.11 Å². The van der Waals surface area contributed by atoms with E-state index in [1.54, 1.807) is 18.2 Å². The topological polar surface area (TPSA) is 65.9 Å². The molecule has 1 saturated carbocycles. The molecule has 0 bridgehead atoms. The molecule has 6 heteroatoms. The molecule has 1 fully saturated rings. The lowest BCUT2D eigenvalue weighted by molar-refractivity contribution is 0.373. The second kappa shape index (κ2) is 7.83. The number of thiocarbonyl (C=S) groups is 1. The fraction of sp³-hybridized carbons (Fsp3) is 0.467. The van der Waals surface area contributed by atoms with Crippen molar-refractivity contribution in [3.05, 3.63) is 23.8 Å². The lowest BCUT2D eigenvalue weighted by atomic mass is 9.96. The molecule has 5 nitrogen and oxygen atoms in total. The summed E-state index contributed by atoms with van der Waals surface area (Å²) in [6.07, 6.45) is 7.64. The van der Waals surface area contributed by atoms with Crippen molar-refractivity contribution in [1.82, 2.24) is 10.7 Å². The van der Waals surface area contributed by atoms with Crippen LogP contribution < -0.4 is 15.5 Å². The van der Waals surface area contributed by atoms with E-state index in [0.717, 1.165) is 12.8 Å². The summed E-state index contributed by atoms with van der Waals surface area (Å²) in [7, 11) is 1.51. The molecule has 0 spiro atoms. The number of nitrogens with one attached hydrogen (secondary N) is 2. The third kappa shape index (κ3) is 4.60. The Morgan fingerprint density at radius 3 is 2.86 bits per heavy atom. The molecule has 1 aliphatic rings. The van der Waals surface area contributed by atoms with Gasteiger partial charge in [0.2, 0.25) is 0 Å². The maximum Gasteiger partial charge on any atom is 0.187 e. The van der Waals surface area contributed by atoms with Crippen molar-refractivity contribution >= 4 is 23.5 Å². The Labute approximate surface area is 130 Å². The van der Waals surface area contributed by atoms with Crippen molar-refractivity contribution in [3.63, 3.8) is 0 Å². The normalized spacial score (nSPS) is 15.9.